The van der Waals surface area contributed by atoms with Gasteiger partial charge in [-0.3, -0.25) is 0 Å². The SMILES string of the molecule is Cc1ccc(N(C)CC(CS)C(C)C)c(C)c1. The molecule has 17 heavy (non-hydrogen) atoms. The minimum Gasteiger partial charge on any atom is -0.374 e. The summed E-state index contributed by atoms with van der Waals surface area (Å²) in [6, 6.07) is 6.65. The molecule has 1 unspecified atom stereocenters. The Morgan fingerprint density at radius 3 is 2.35 bits per heavy atom. The second kappa shape index (κ2) is 6.34. The fourth-order valence-electron chi connectivity index (χ4n) is 2.16. The number of anilines is 1. The lowest BCUT2D eigenvalue weighted by molar-refractivity contribution is 0.430. The zero-order valence-corrected chi connectivity index (χ0v) is 12.6. The summed E-state index contributed by atoms with van der Waals surface area (Å²) >= 11 is 4.46. The molecule has 0 saturated carbocycles. The third-order valence-corrected chi connectivity index (χ3v) is 3.92. The summed E-state index contributed by atoms with van der Waals surface area (Å²) in [5.41, 5.74) is 4.02. The highest BCUT2D eigenvalue weighted by Crippen LogP contribution is 2.23. The molecule has 1 atom stereocenters. The highest BCUT2D eigenvalue weighted by Gasteiger charge is 2.15. The van der Waals surface area contributed by atoms with Crippen LogP contribution in [0.4, 0.5) is 5.69 Å². The van der Waals surface area contributed by atoms with Crippen LogP contribution >= 0.6 is 12.6 Å². The first kappa shape index (κ1) is 14.4. The minimum atomic E-state index is 0.643. The third-order valence-electron chi connectivity index (χ3n) is 3.45. The predicted molar refractivity (Wildman–Crippen MR) is 81.4 cm³/mol. The van der Waals surface area contributed by atoms with E-state index in [1.807, 2.05) is 0 Å². The molecule has 2 heteroatoms. The summed E-state index contributed by atoms with van der Waals surface area (Å²) in [5.74, 6) is 2.28. The van der Waals surface area contributed by atoms with Gasteiger partial charge in [-0.2, -0.15) is 12.6 Å². The van der Waals surface area contributed by atoms with Gasteiger partial charge in [-0.05, 0) is 43.1 Å². The van der Waals surface area contributed by atoms with Crippen molar-refractivity contribution in [2.24, 2.45) is 11.8 Å². The number of hydrogen-bond acceptors (Lipinski definition) is 2. The van der Waals surface area contributed by atoms with Crippen molar-refractivity contribution in [2.45, 2.75) is 27.7 Å². The maximum atomic E-state index is 4.46. The van der Waals surface area contributed by atoms with Gasteiger partial charge in [0.15, 0.2) is 0 Å². The molecule has 0 aromatic heterocycles. The lowest BCUT2D eigenvalue weighted by Gasteiger charge is -2.28. The van der Waals surface area contributed by atoms with Gasteiger partial charge in [-0.1, -0.05) is 31.5 Å². The van der Waals surface area contributed by atoms with Crippen LogP contribution in [0.2, 0.25) is 0 Å². The van der Waals surface area contributed by atoms with Gasteiger partial charge in [-0.15, -0.1) is 0 Å². The molecule has 0 saturated heterocycles. The van der Waals surface area contributed by atoms with Crippen LogP contribution in [0.5, 0.6) is 0 Å². The first-order valence-electron chi connectivity index (χ1n) is 6.35. The summed E-state index contributed by atoms with van der Waals surface area (Å²) in [6.07, 6.45) is 0. The highest BCUT2D eigenvalue weighted by atomic mass is 32.1. The van der Waals surface area contributed by atoms with Gasteiger partial charge in [0.25, 0.3) is 0 Å². The molecule has 1 aromatic carbocycles. The fraction of sp³-hybridized carbons (Fsp3) is 0.600. The minimum absolute atomic E-state index is 0.643. The van der Waals surface area contributed by atoms with Crippen LogP contribution in [0.15, 0.2) is 18.2 Å². The number of hydrogen-bond donors (Lipinski definition) is 1. The number of nitrogens with zero attached hydrogens (tertiary/aromatic N) is 1. The predicted octanol–water partition coefficient (Wildman–Crippen LogP) is 3.94. The molecule has 1 nitrogen and oxygen atoms in total. The van der Waals surface area contributed by atoms with Gasteiger partial charge in [0, 0.05) is 19.3 Å². The number of aryl methyl sites for hydroxylation is 2. The zero-order valence-electron chi connectivity index (χ0n) is 11.7. The number of rotatable bonds is 5. The van der Waals surface area contributed by atoms with E-state index in [1.54, 1.807) is 0 Å². The van der Waals surface area contributed by atoms with Crippen molar-refractivity contribution < 1.29 is 0 Å². The Bertz CT molecular complexity index is 360. The van der Waals surface area contributed by atoms with Crippen molar-refractivity contribution >= 4 is 18.3 Å². The molecule has 1 rings (SSSR count). The van der Waals surface area contributed by atoms with E-state index >= 15 is 0 Å². The van der Waals surface area contributed by atoms with Gasteiger partial charge in [0.05, 0.1) is 0 Å². The van der Waals surface area contributed by atoms with Gasteiger partial charge < -0.3 is 4.90 Å². The Balaban J connectivity index is 2.78. The van der Waals surface area contributed by atoms with E-state index < -0.39 is 0 Å². The monoisotopic (exact) mass is 251 g/mol. The Labute approximate surface area is 112 Å². The van der Waals surface area contributed by atoms with Crippen LogP contribution in [0.3, 0.4) is 0 Å². The smallest absolute Gasteiger partial charge is 0.0393 e. The lowest BCUT2D eigenvalue weighted by Crippen LogP contribution is -2.29. The van der Waals surface area contributed by atoms with E-state index in [0.29, 0.717) is 11.8 Å². The number of benzene rings is 1. The first-order valence-corrected chi connectivity index (χ1v) is 6.98. The van der Waals surface area contributed by atoms with Crippen LogP contribution < -0.4 is 4.90 Å². The third kappa shape index (κ3) is 3.95. The molecule has 1 aromatic rings. The molecule has 0 bridgehead atoms. The Hall–Kier alpha value is -0.630. The molecule has 0 heterocycles. The Morgan fingerprint density at radius 2 is 1.88 bits per heavy atom. The molecule has 0 aliphatic rings. The highest BCUT2D eigenvalue weighted by molar-refractivity contribution is 7.80. The molecule has 0 radical (unpaired) electrons. The van der Waals surface area contributed by atoms with Crippen LogP contribution in [-0.4, -0.2) is 19.3 Å². The quantitative estimate of drug-likeness (QED) is 0.776. The van der Waals surface area contributed by atoms with Gasteiger partial charge in [-0.25, -0.2) is 0 Å². The van der Waals surface area contributed by atoms with Crippen molar-refractivity contribution in [3.63, 3.8) is 0 Å². The van der Waals surface area contributed by atoms with Crippen molar-refractivity contribution in [3.8, 4) is 0 Å². The average molecular weight is 251 g/mol. The van der Waals surface area contributed by atoms with Gasteiger partial charge in [0.1, 0.15) is 0 Å². The largest absolute Gasteiger partial charge is 0.374 e. The van der Waals surface area contributed by atoms with Crippen molar-refractivity contribution in [1.82, 2.24) is 0 Å². The average Bonchev–Trinajstić information content (AvgIpc) is 2.24. The van der Waals surface area contributed by atoms with Gasteiger partial charge >= 0.3 is 0 Å². The van der Waals surface area contributed by atoms with E-state index in [0.717, 1.165) is 12.3 Å². The molecule has 0 spiro atoms. The zero-order chi connectivity index (χ0) is 13.0. The maximum Gasteiger partial charge on any atom is 0.0393 e. The van der Waals surface area contributed by atoms with Crippen molar-refractivity contribution in [1.29, 1.82) is 0 Å². The molecule has 0 fully saturated rings. The first-order chi connectivity index (χ1) is 7.95. The second-order valence-electron chi connectivity index (χ2n) is 5.36. The van der Waals surface area contributed by atoms with E-state index in [9.17, 15) is 0 Å². The standard InChI is InChI=1S/C15H25NS/c1-11(2)14(10-17)9-16(5)15-7-6-12(3)8-13(15)4/h6-8,11,14,17H,9-10H2,1-5H3. The summed E-state index contributed by atoms with van der Waals surface area (Å²) in [6.45, 7) is 9.95. The summed E-state index contributed by atoms with van der Waals surface area (Å²) < 4.78 is 0. The molecule has 0 aliphatic carbocycles. The van der Waals surface area contributed by atoms with E-state index in [4.69, 9.17) is 0 Å². The van der Waals surface area contributed by atoms with Crippen LogP contribution in [0, 0.1) is 25.7 Å². The number of thiol groups is 1. The van der Waals surface area contributed by atoms with E-state index in [2.05, 4.69) is 70.5 Å². The van der Waals surface area contributed by atoms with Gasteiger partial charge in [0.2, 0.25) is 0 Å². The molecule has 0 N–H and O–H groups in total. The summed E-state index contributed by atoms with van der Waals surface area (Å²) in [5, 5.41) is 0. The Morgan fingerprint density at radius 1 is 1.24 bits per heavy atom. The normalized spacial score (nSPS) is 12.9. The van der Waals surface area contributed by atoms with E-state index in [1.165, 1.54) is 16.8 Å². The summed E-state index contributed by atoms with van der Waals surface area (Å²) in [7, 11) is 2.18. The molecular formula is C15H25NS. The van der Waals surface area contributed by atoms with Crippen molar-refractivity contribution in [3.05, 3.63) is 29.3 Å². The van der Waals surface area contributed by atoms with E-state index in [-0.39, 0.29) is 0 Å². The summed E-state index contributed by atoms with van der Waals surface area (Å²) in [4.78, 5) is 2.36. The Kier molecular flexibility index (Phi) is 5.38. The lowest BCUT2D eigenvalue weighted by atomic mass is 9.97. The molecule has 0 aliphatic heterocycles. The van der Waals surface area contributed by atoms with Crippen molar-refractivity contribution in [2.75, 3.05) is 24.2 Å². The molecule has 96 valence electrons. The van der Waals surface area contributed by atoms with Crippen LogP contribution in [-0.2, 0) is 0 Å². The topological polar surface area (TPSA) is 3.24 Å². The molecule has 0 amide bonds. The maximum absolute atomic E-state index is 4.46. The second-order valence-corrected chi connectivity index (χ2v) is 5.72. The van der Waals surface area contributed by atoms with Crippen LogP contribution in [0.1, 0.15) is 25.0 Å². The fourth-order valence-corrected chi connectivity index (χ4v) is 2.70. The molecular weight excluding hydrogens is 226 g/mol. The van der Waals surface area contributed by atoms with Crippen LogP contribution in [0.25, 0.3) is 0 Å².